The second kappa shape index (κ2) is 8.81. The topological polar surface area (TPSA) is 51.2 Å². The SMILES string of the molecule is CC(C)Oc1ccc(F)cc1-c1cc(CC(=O)[C@@H]2CCCNC2)ncc1Cl. The summed E-state index contributed by atoms with van der Waals surface area (Å²) in [7, 11) is 0. The fourth-order valence-corrected chi connectivity index (χ4v) is 3.51. The lowest BCUT2D eigenvalue weighted by atomic mass is 9.92. The van der Waals surface area contributed by atoms with Crippen molar-refractivity contribution in [2.75, 3.05) is 13.1 Å². The molecule has 1 saturated heterocycles. The van der Waals surface area contributed by atoms with E-state index in [2.05, 4.69) is 10.3 Å². The second-order valence-corrected chi connectivity index (χ2v) is 7.56. The van der Waals surface area contributed by atoms with Gasteiger partial charge in [-0.25, -0.2) is 4.39 Å². The van der Waals surface area contributed by atoms with E-state index in [0.29, 0.717) is 27.6 Å². The number of benzene rings is 1. The van der Waals surface area contributed by atoms with Gasteiger partial charge in [-0.2, -0.15) is 0 Å². The summed E-state index contributed by atoms with van der Waals surface area (Å²) in [5.41, 5.74) is 1.81. The number of carbonyl (C=O) groups is 1. The summed E-state index contributed by atoms with van der Waals surface area (Å²) < 4.78 is 19.7. The number of nitrogens with one attached hydrogen (secondary N) is 1. The summed E-state index contributed by atoms with van der Waals surface area (Å²) in [4.78, 5) is 16.9. The first-order chi connectivity index (χ1) is 12.9. The second-order valence-electron chi connectivity index (χ2n) is 7.15. The molecule has 1 aliphatic rings. The Balaban J connectivity index is 1.89. The van der Waals surface area contributed by atoms with Crippen LogP contribution < -0.4 is 10.1 Å². The van der Waals surface area contributed by atoms with Crippen LogP contribution in [-0.4, -0.2) is 30.0 Å². The number of Topliss-reactive ketones (excluding diaryl/α,β-unsaturated/α-hetero) is 1. The Bertz CT molecular complexity index is 820. The van der Waals surface area contributed by atoms with Crippen LogP contribution in [0.3, 0.4) is 0 Å². The van der Waals surface area contributed by atoms with Gasteiger partial charge in [-0.1, -0.05) is 11.6 Å². The predicted molar refractivity (Wildman–Crippen MR) is 105 cm³/mol. The Hall–Kier alpha value is -1.98. The molecule has 0 saturated carbocycles. The summed E-state index contributed by atoms with van der Waals surface area (Å²) in [5.74, 6) is 0.364. The fraction of sp³-hybridized carbons (Fsp3) is 0.429. The molecule has 1 fully saturated rings. The monoisotopic (exact) mass is 390 g/mol. The van der Waals surface area contributed by atoms with E-state index in [-0.39, 0.29) is 30.0 Å². The molecule has 1 N–H and O–H groups in total. The third kappa shape index (κ3) is 5.05. The predicted octanol–water partition coefficient (Wildman–Crippen LogP) is 4.44. The summed E-state index contributed by atoms with van der Waals surface area (Å²) >= 11 is 6.34. The zero-order valence-electron chi connectivity index (χ0n) is 15.6. The number of ketones is 1. The van der Waals surface area contributed by atoms with Gasteiger partial charge >= 0.3 is 0 Å². The van der Waals surface area contributed by atoms with Gasteiger partial charge in [-0.05, 0) is 57.5 Å². The summed E-state index contributed by atoms with van der Waals surface area (Å²) in [6.07, 6.45) is 3.61. The lowest BCUT2D eigenvalue weighted by Crippen LogP contribution is -2.35. The van der Waals surface area contributed by atoms with Gasteiger partial charge < -0.3 is 10.1 Å². The van der Waals surface area contributed by atoms with Gasteiger partial charge in [0.15, 0.2) is 0 Å². The van der Waals surface area contributed by atoms with Gasteiger partial charge in [0.1, 0.15) is 17.3 Å². The van der Waals surface area contributed by atoms with Crippen LogP contribution in [-0.2, 0) is 11.2 Å². The van der Waals surface area contributed by atoms with Crippen LogP contribution in [0.15, 0.2) is 30.5 Å². The van der Waals surface area contributed by atoms with Crippen molar-refractivity contribution in [3.63, 3.8) is 0 Å². The number of aromatic nitrogens is 1. The number of carbonyl (C=O) groups excluding carboxylic acids is 1. The average molecular weight is 391 g/mol. The molecule has 2 heterocycles. The molecule has 0 unspecified atom stereocenters. The number of hydrogen-bond acceptors (Lipinski definition) is 4. The highest BCUT2D eigenvalue weighted by molar-refractivity contribution is 6.33. The van der Waals surface area contributed by atoms with E-state index in [1.165, 1.54) is 18.3 Å². The Morgan fingerprint density at radius 3 is 2.89 bits per heavy atom. The van der Waals surface area contributed by atoms with Gasteiger partial charge in [-0.3, -0.25) is 9.78 Å². The lowest BCUT2D eigenvalue weighted by Gasteiger charge is -2.21. The van der Waals surface area contributed by atoms with E-state index < -0.39 is 0 Å². The minimum Gasteiger partial charge on any atom is -0.490 e. The lowest BCUT2D eigenvalue weighted by molar-refractivity contribution is -0.122. The zero-order chi connectivity index (χ0) is 19.4. The van der Waals surface area contributed by atoms with Crippen molar-refractivity contribution >= 4 is 17.4 Å². The number of halogens is 2. The van der Waals surface area contributed by atoms with Gasteiger partial charge in [-0.15, -0.1) is 0 Å². The molecule has 144 valence electrons. The Labute approximate surface area is 164 Å². The zero-order valence-corrected chi connectivity index (χ0v) is 16.4. The number of rotatable bonds is 6. The molecule has 1 aromatic carbocycles. The molecule has 0 spiro atoms. The standard InChI is InChI=1S/C21H24ClFN2O2/c1-13(2)27-21-6-5-15(23)8-18(21)17-9-16(25-12-19(17)22)10-20(26)14-4-3-7-24-11-14/h5-6,8-9,12-14,24H,3-4,7,10-11H2,1-2H3/t14-/m1/s1. The molecule has 0 aliphatic carbocycles. The smallest absolute Gasteiger partial charge is 0.143 e. The van der Waals surface area contributed by atoms with E-state index >= 15 is 0 Å². The molecule has 4 nitrogen and oxygen atoms in total. The maximum absolute atomic E-state index is 13.9. The quantitative estimate of drug-likeness (QED) is 0.792. The summed E-state index contributed by atoms with van der Waals surface area (Å²) in [6, 6.07) is 6.12. The molecule has 0 bridgehead atoms. The van der Waals surface area contributed by atoms with Crippen molar-refractivity contribution in [2.45, 2.75) is 39.2 Å². The van der Waals surface area contributed by atoms with E-state index in [1.807, 2.05) is 13.8 Å². The Morgan fingerprint density at radius 1 is 1.37 bits per heavy atom. The van der Waals surface area contributed by atoms with Crippen LogP contribution >= 0.6 is 11.6 Å². The normalized spacial score (nSPS) is 17.1. The van der Waals surface area contributed by atoms with Crippen LogP contribution in [0.2, 0.25) is 5.02 Å². The van der Waals surface area contributed by atoms with Crippen LogP contribution in [0, 0.1) is 11.7 Å². The minimum atomic E-state index is -0.375. The van der Waals surface area contributed by atoms with Crippen LogP contribution in [0.4, 0.5) is 4.39 Å². The largest absolute Gasteiger partial charge is 0.490 e. The molecule has 27 heavy (non-hydrogen) atoms. The molecule has 1 aliphatic heterocycles. The fourth-order valence-electron chi connectivity index (χ4n) is 3.30. The van der Waals surface area contributed by atoms with Crippen molar-refractivity contribution < 1.29 is 13.9 Å². The summed E-state index contributed by atoms with van der Waals surface area (Å²) in [6.45, 7) is 5.49. The molecule has 0 amide bonds. The average Bonchev–Trinajstić information content (AvgIpc) is 2.65. The highest BCUT2D eigenvalue weighted by Gasteiger charge is 2.22. The Kier molecular flexibility index (Phi) is 6.45. The van der Waals surface area contributed by atoms with Crippen molar-refractivity contribution in [1.29, 1.82) is 0 Å². The third-order valence-corrected chi connectivity index (χ3v) is 4.92. The van der Waals surface area contributed by atoms with E-state index in [1.54, 1.807) is 12.1 Å². The third-order valence-electron chi connectivity index (χ3n) is 4.61. The number of nitrogens with zero attached hydrogens (tertiary/aromatic N) is 1. The first-order valence-corrected chi connectivity index (χ1v) is 9.66. The molecule has 1 atom stereocenters. The first-order valence-electron chi connectivity index (χ1n) is 9.28. The van der Waals surface area contributed by atoms with Crippen LogP contribution in [0.1, 0.15) is 32.4 Å². The van der Waals surface area contributed by atoms with Crippen molar-refractivity contribution in [3.8, 4) is 16.9 Å². The molecule has 2 aromatic rings. The van der Waals surface area contributed by atoms with Crippen LogP contribution in [0.25, 0.3) is 11.1 Å². The van der Waals surface area contributed by atoms with Crippen molar-refractivity contribution in [2.24, 2.45) is 5.92 Å². The highest BCUT2D eigenvalue weighted by Crippen LogP contribution is 2.36. The molecule has 0 radical (unpaired) electrons. The first kappa shape index (κ1) is 19.8. The molecular formula is C21H24ClFN2O2. The number of hydrogen-bond donors (Lipinski definition) is 1. The number of pyridine rings is 1. The molecular weight excluding hydrogens is 367 g/mol. The Morgan fingerprint density at radius 2 is 2.19 bits per heavy atom. The van der Waals surface area contributed by atoms with Crippen molar-refractivity contribution in [3.05, 3.63) is 47.0 Å². The number of piperidine rings is 1. The molecule has 6 heteroatoms. The van der Waals surface area contributed by atoms with E-state index in [9.17, 15) is 9.18 Å². The van der Waals surface area contributed by atoms with Crippen molar-refractivity contribution in [1.82, 2.24) is 10.3 Å². The van der Waals surface area contributed by atoms with Gasteiger partial charge in [0.25, 0.3) is 0 Å². The summed E-state index contributed by atoms with van der Waals surface area (Å²) in [5, 5.41) is 3.65. The van der Waals surface area contributed by atoms with Gasteiger partial charge in [0.05, 0.1) is 11.1 Å². The van der Waals surface area contributed by atoms with Gasteiger partial charge in [0, 0.05) is 41.9 Å². The van der Waals surface area contributed by atoms with E-state index in [0.717, 1.165) is 25.9 Å². The van der Waals surface area contributed by atoms with Crippen LogP contribution in [0.5, 0.6) is 5.75 Å². The number of ether oxygens (including phenoxy) is 1. The van der Waals surface area contributed by atoms with Gasteiger partial charge in [0.2, 0.25) is 0 Å². The minimum absolute atomic E-state index is 0.0219. The van der Waals surface area contributed by atoms with E-state index in [4.69, 9.17) is 16.3 Å². The maximum atomic E-state index is 13.9. The molecule has 3 rings (SSSR count). The highest BCUT2D eigenvalue weighted by atomic mass is 35.5. The molecule has 1 aromatic heterocycles. The maximum Gasteiger partial charge on any atom is 0.143 e.